The molecule has 2 fully saturated rings. The van der Waals surface area contributed by atoms with E-state index in [1.54, 1.807) is 7.11 Å². The standard InChI is InChI=1S/C29H38O8Si/c1-32-22-13-11-21(12-14-22)19-36-24-17-23(35-18-20-9-7-6-8-10-20)25-26(37-25)29(24,27(30)33-2)28(31)34-15-16-38(3,4)5/h6-14,23-26H,15-19H2,1-5H3/t23-,24+,25+,26+,29?/m1/s1. The zero-order chi connectivity index (χ0) is 27.3. The largest absolute Gasteiger partial charge is 0.497 e. The molecule has 4 rings (SSSR count). The van der Waals surface area contributed by atoms with Crippen LogP contribution >= 0.6 is 0 Å². The zero-order valence-electron chi connectivity index (χ0n) is 22.8. The van der Waals surface area contributed by atoms with Crippen molar-refractivity contribution in [2.75, 3.05) is 20.8 Å². The Morgan fingerprint density at radius 3 is 2.21 bits per heavy atom. The van der Waals surface area contributed by atoms with Gasteiger partial charge in [-0.2, -0.15) is 0 Å². The minimum atomic E-state index is -1.72. The molecule has 38 heavy (non-hydrogen) atoms. The van der Waals surface area contributed by atoms with Gasteiger partial charge < -0.3 is 28.4 Å². The molecular formula is C29H38O8Si. The molecule has 0 amide bonds. The number of fused-ring (bicyclic) bond motifs is 1. The van der Waals surface area contributed by atoms with Crippen LogP contribution in [-0.2, 0) is 46.5 Å². The Hall–Kier alpha value is -2.72. The van der Waals surface area contributed by atoms with Crippen molar-refractivity contribution in [3.63, 3.8) is 0 Å². The lowest BCUT2D eigenvalue weighted by atomic mass is 9.70. The Morgan fingerprint density at radius 1 is 0.921 bits per heavy atom. The van der Waals surface area contributed by atoms with Gasteiger partial charge in [-0.1, -0.05) is 62.1 Å². The highest BCUT2D eigenvalue weighted by atomic mass is 28.3. The third-order valence-electron chi connectivity index (χ3n) is 7.16. The second-order valence-electron chi connectivity index (χ2n) is 11.0. The highest BCUT2D eigenvalue weighted by Crippen LogP contribution is 2.53. The molecule has 5 atom stereocenters. The SMILES string of the molecule is COC(=O)C1(C(=O)OCC[Si](C)(C)C)[C@@H](OCc2ccc(OC)cc2)C[C@@H](OCc2ccccc2)[C@@H]2O[C@@H]21. The van der Waals surface area contributed by atoms with Gasteiger partial charge in [-0.05, 0) is 29.3 Å². The number of carbonyl (C=O) groups is 2. The van der Waals surface area contributed by atoms with E-state index in [0.29, 0.717) is 6.61 Å². The van der Waals surface area contributed by atoms with Gasteiger partial charge in [0.2, 0.25) is 5.41 Å². The molecule has 0 radical (unpaired) electrons. The minimum absolute atomic E-state index is 0.179. The highest BCUT2D eigenvalue weighted by Gasteiger charge is 2.74. The zero-order valence-corrected chi connectivity index (χ0v) is 23.8. The fraction of sp³-hybridized carbons (Fsp3) is 0.517. The predicted octanol–water partition coefficient (Wildman–Crippen LogP) is 4.38. The van der Waals surface area contributed by atoms with Crippen LogP contribution in [0.2, 0.25) is 25.7 Å². The van der Waals surface area contributed by atoms with Crippen molar-refractivity contribution in [1.82, 2.24) is 0 Å². The van der Waals surface area contributed by atoms with Gasteiger partial charge in [0.15, 0.2) is 0 Å². The van der Waals surface area contributed by atoms with Crippen LogP contribution in [0.1, 0.15) is 17.5 Å². The lowest BCUT2D eigenvalue weighted by Gasteiger charge is -2.39. The minimum Gasteiger partial charge on any atom is -0.497 e. The summed E-state index contributed by atoms with van der Waals surface area (Å²) >= 11 is 0. The summed E-state index contributed by atoms with van der Waals surface area (Å²) in [5, 5.41) is 0. The normalized spacial score (nSPS) is 26.2. The van der Waals surface area contributed by atoms with E-state index >= 15 is 0 Å². The molecule has 1 saturated heterocycles. The van der Waals surface area contributed by atoms with Crippen LogP contribution in [0.25, 0.3) is 0 Å². The molecule has 8 nitrogen and oxygen atoms in total. The number of carbonyl (C=O) groups excluding carboxylic acids is 2. The third-order valence-corrected chi connectivity index (χ3v) is 8.86. The van der Waals surface area contributed by atoms with Gasteiger partial charge in [-0.15, -0.1) is 0 Å². The molecule has 9 heteroatoms. The van der Waals surface area contributed by atoms with E-state index in [9.17, 15) is 9.59 Å². The van der Waals surface area contributed by atoms with Crippen LogP contribution in [-0.4, -0.2) is 65.3 Å². The number of epoxide rings is 1. The van der Waals surface area contributed by atoms with Crippen LogP contribution < -0.4 is 4.74 Å². The number of methoxy groups -OCH3 is 2. The first-order valence-corrected chi connectivity index (χ1v) is 16.7. The van der Waals surface area contributed by atoms with Gasteiger partial charge in [-0.25, -0.2) is 0 Å². The topological polar surface area (TPSA) is 92.8 Å². The average Bonchev–Trinajstić information content (AvgIpc) is 3.71. The van der Waals surface area contributed by atoms with Crippen molar-refractivity contribution in [3.8, 4) is 5.75 Å². The second kappa shape index (κ2) is 12.0. The number of benzene rings is 2. The second-order valence-corrected chi connectivity index (χ2v) is 16.7. The summed E-state index contributed by atoms with van der Waals surface area (Å²) in [7, 11) is 1.41. The van der Waals surface area contributed by atoms with Crippen molar-refractivity contribution < 1.29 is 38.0 Å². The molecule has 2 aromatic rings. The van der Waals surface area contributed by atoms with Crippen LogP contribution in [0.5, 0.6) is 5.75 Å². The molecule has 2 aromatic carbocycles. The molecule has 0 aromatic heterocycles. The van der Waals surface area contributed by atoms with E-state index in [4.69, 9.17) is 28.4 Å². The van der Waals surface area contributed by atoms with Gasteiger partial charge >= 0.3 is 11.9 Å². The molecule has 0 bridgehead atoms. The molecule has 2 aliphatic rings. The van der Waals surface area contributed by atoms with Gasteiger partial charge in [0.1, 0.15) is 18.0 Å². The maximum atomic E-state index is 13.7. The van der Waals surface area contributed by atoms with Crippen molar-refractivity contribution in [2.45, 2.75) is 69.7 Å². The smallest absolute Gasteiger partial charge is 0.329 e. The van der Waals surface area contributed by atoms with Gasteiger partial charge in [0.25, 0.3) is 0 Å². The predicted molar refractivity (Wildman–Crippen MR) is 143 cm³/mol. The van der Waals surface area contributed by atoms with Gasteiger partial charge in [0, 0.05) is 14.5 Å². The monoisotopic (exact) mass is 542 g/mol. The fourth-order valence-electron chi connectivity index (χ4n) is 4.86. The molecule has 1 aliphatic carbocycles. The number of ether oxygens (including phenoxy) is 6. The number of hydrogen-bond donors (Lipinski definition) is 0. The van der Waals surface area contributed by atoms with E-state index in [1.165, 1.54) is 7.11 Å². The Kier molecular flexibility index (Phi) is 8.92. The summed E-state index contributed by atoms with van der Waals surface area (Å²) in [6, 6.07) is 18.1. The molecule has 1 saturated carbocycles. The van der Waals surface area contributed by atoms with Crippen molar-refractivity contribution in [3.05, 3.63) is 65.7 Å². The first-order chi connectivity index (χ1) is 18.2. The maximum Gasteiger partial charge on any atom is 0.329 e. The van der Waals surface area contributed by atoms with Crippen molar-refractivity contribution in [1.29, 1.82) is 0 Å². The quantitative estimate of drug-likeness (QED) is 0.169. The number of esters is 2. The third kappa shape index (κ3) is 6.28. The van der Waals surface area contributed by atoms with Crippen molar-refractivity contribution in [2.24, 2.45) is 5.41 Å². The first kappa shape index (κ1) is 28.3. The van der Waals surface area contributed by atoms with Gasteiger partial charge in [0.05, 0.1) is 46.2 Å². The summed E-state index contributed by atoms with van der Waals surface area (Å²) in [4.78, 5) is 27.1. The Bertz CT molecular complexity index is 1080. The fourth-order valence-corrected chi connectivity index (χ4v) is 5.58. The van der Waals surface area contributed by atoms with E-state index < -0.39 is 43.7 Å². The Labute approximate surface area is 225 Å². The molecular weight excluding hydrogens is 504 g/mol. The summed E-state index contributed by atoms with van der Waals surface area (Å²) in [6.45, 7) is 7.41. The average molecular weight is 543 g/mol. The molecule has 1 aliphatic heterocycles. The van der Waals surface area contributed by atoms with Crippen LogP contribution in [0, 0.1) is 5.41 Å². The van der Waals surface area contributed by atoms with Crippen LogP contribution in [0.3, 0.4) is 0 Å². The molecule has 0 spiro atoms. The number of hydrogen-bond acceptors (Lipinski definition) is 8. The lowest BCUT2D eigenvalue weighted by Crippen LogP contribution is -2.60. The summed E-state index contributed by atoms with van der Waals surface area (Å²) < 4.78 is 34.7. The lowest BCUT2D eigenvalue weighted by molar-refractivity contribution is -0.192. The van der Waals surface area contributed by atoms with Crippen molar-refractivity contribution >= 4 is 20.0 Å². The summed E-state index contributed by atoms with van der Waals surface area (Å²) in [5.41, 5.74) is 0.172. The Balaban J connectivity index is 1.57. The highest BCUT2D eigenvalue weighted by molar-refractivity contribution is 6.76. The maximum absolute atomic E-state index is 13.7. The molecule has 0 N–H and O–H groups in total. The summed E-state index contributed by atoms with van der Waals surface area (Å²) in [5.74, 6) is -0.634. The van der Waals surface area contributed by atoms with E-state index in [0.717, 1.165) is 22.9 Å². The first-order valence-electron chi connectivity index (χ1n) is 13.0. The van der Waals surface area contributed by atoms with Crippen LogP contribution in [0.15, 0.2) is 54.6 Å². The van der Waals surface area contributed by atoms with E-state index in [2.05, 4.69) is 19.6 Å². The summed E-state index contributed by atoms with van der Waals surface area (Å²) in [6.07, 6.45) is -2.11. The van der Waals surface area contributed by atoms with Gasteiger partial charge in [-0.3, -0.25) is 9.59 Å². The van der Waals surface area contributed by atoms with E-state index in [1.807, 2.05) is 54.6 Å². The Morgan fingerprint density at radius 2 is 1.58 bits per heavy atom. The molecule has 1 heterocycles. The molecule has 206 valence electrons. The van der Waals surface area contributed by atoms with Crippen LogP contribution in [0.4, 0.5) is 0 Å². The van der Waals surface area contributed by atoms with E-state index in [-0.39, 0.29) is 25.7 Å². The molecule has 1 unspecified atom stereocenters. The number of rotatable bonds is 12.